The maximum Gasteiger partial charge on any atom is 0.279 e. The fourth-order valence-electron chi connectivity index (χ4n) is 4.21. The summed E-state index contributed by atoms with van der Waals surface area (Å²) in [5.74, 6) is 0.132. The first-order valence-electron chi connectivity index (χ1n) is 9.24. The van der Waals surface area contributed by atoms with Crippen molar-refractivity contribution in [3.8, 4) is 0 Å². The van der Waals surface area contributed by atoms with Gasteiger partial charge in [0.15, 0.2) is 6.54 Å². The van der Waals surface area contributed by atoms with Gasteiger partial charge in [0, 0.05) is 24.1 Å². The number of aryl methyl sites for hydroxylation is 3. The Bertz CT molecular complexity index is 723. The van der Waals surface area contributed by atoms with Gasteiger partial charge >= 0.3 is 0 Å². The number of quaternary nitrogens is 1. The van der Waals surface area contributed by atoms with Gasteiger partial charge in [-0.3, -0.25) is 4.79 Å². The van der Waals surface area contributed by atoms with Crippen LogP contribution in [0.3, 0.4) is 0 Å². The molecule has 1 heterocycles. The molecule has 0 atom stereocenters. The fourth-order valence-corrected chi connectivity index (χ4v) is 4.21. The molecule has 1 saturated heterocycles. The van der Waals surface area contributed by atoms with E-state index >= 15 is 0 Å². The summed E-state index contributed by atoms with van der Waals surface area (Å²) in [5, 5.41) is 3.19. The van der Waals surface area contributed by atoms with E-state index in [2.05, 4.69) is 62.5 Å². The average Bonchev–Trinajstić information content (AvgIpc) is 2.99. The number of rotatable bonds is 5. The van der Waals surface area contributed by atoms with Crippen LogP contribution >= 0.6 is 0 Å². The first-order chi connectivity index (χ1) is 12.0. The van der Waals surface area contributed by atoms with E-state index in [0.29, 0.717) is 6.54 Å². The zero-order valence-electron chi connectivity index (χ0n) is 15.6. The lowest BCUT2D eigenvalue weighted by Gasteiger charge is -2.33. The SMILES string of the molecule is Cc1cc(C)c(NC(=O)C[N+]2(Cc3ccccc3)CCCC2)c(C)c1. The largest absolute Gasteiger partial charge is 0.321 e. The van der Waals surface area contributed by atoms with Gasteiger partial charge in [0.1, 0.15) is 6.54 Å². The Labute approximate surface area is 151 Å². The molecule has 0 aliphatic carbocycles. The highest BCUT2D eigenvalue weighted by molar-refractivity contribution is 5.93. The number of nitrogens with zero attached hydrogens (tertiary/aromatic N) is 1. The zero-order chi connectivity index (χ0) is 17.9. The van der Waals surface area contributed by atoms with Crippen LogP contribution in [-0.4, -0.2) is 30.0 Å². The number of amides is 1. The number of nitrogens with one attached hydrogen (secondary N) is 1. The molecule has 1 amide bonds. The van der Waals surface area contributed by atoms with Crippen LogP contribution in [0.1, 0.15) is 35.1 Å². The van der Waals surface area contributed by atoms with Gasteiger partial charge in [-0.1, -0.05) is 48.0 Å². The van der Waals surface area contributed by atoms with Crippen LogP contribution in [0.15, 0.2) is 42.5 Å². The van der Waals surface area contributed by atoms with Crippen LogP contribution in [-0.2, 0) is 11.3 Å². The van der Waals surface area contributed by atoms with Gasteiger partial charge in [0.05, 0.1) is 13.1 Å². The molecular formula is C22H29N2O+. The molecule has 132 valence electrons. The van der Waals surface area contributed by atoms with Crippen molar-refractivity contribution in [2.24, 2.45) is 0 Å². The second kappa shape index (κ2) is 7.40. The molecule has 3 heteroatoms. The van der Waals surface area contributed by atoms with Crippen molar-refractivity contribution >= 4 is 11.6 Å². The lowest BCUT2D eigenvalue weighted by molar-refractivity contribution is -0.922. The van der Waals surface area contributed by atoms with Crippen LogP contribution in [0.2, 0.25) is 0 Å². The minimum Gasteiger partial charge on any atom is -0.321 e. The molecule has 2 aromatic rings. The monoisotopic (exact) mass is 337 g/mol. The molecule has 0 aromatic heterocycles. The highest BCUT2D eigenvalue weighted by atomic mass is 16.2. The van der Waals surface area contributed by atoms with E-state index in [0.717, 1.165) is 40.9 Å². The highest BCUT2D eigenvalue weighted by Crippen LogP contribution is 2.25. The summed E-state index contributed by atoms with van der Waals surface area (Å²) in [7, 11) is 0. The molecule has 0 bridgehead atoms. The van der Waals surface area contributed by atoms with Crippen molar-refractivity contribution < 1.29 is 9.28 Å². The van der Waals surface area contributed by atoms with Crippen LogP contribution in [0, 0.1) is 20.8 Å². The lowest BCUT2D eigenvalue weighted by atomic mass is 10.1. The fraction of sp³-hybridized carbons (Fsp3) is 0.409. The Morgan fingerprint density at radius 1 is 1.00 bits per heavy atom. The molecule has 0 saturated carbocycles. The predicted octanol–water partition coefficient (Wildman–Crippen LogP) is 4.36. The highest BCUT2D eigenvalue weighted by Gasteiger charge is 2.34. The summed E-state index contributed by atoms with van der Waals surface area (Å²) in [5.41, 5.74) is 5.82. The summed E-state index contributed by atoms with van der Waals surface area (Å²) in [4.78, 5) is 12.8. The molecule has 3 nitrogen and oxygen atoms in total. The van der Waals surface area contributed by atoms with Gasteiger partial charge in [-0.15, -0.1) is 0 Å². The summed E-state index contributed by atoms with van der Waals surface area (Å²) in [6.07, 6.45) is 2.42. The van der Waals surface area contributed by atoms with Gasteiger partial charge in [-0.05, 0) is 31.9 Å². The summed E-state index contributed by atoms with van der Waals surface area (Å²) in [6, 6.07) is 14.8. The van der Waals surface area contributed by atoms with Crippen molar-refractivity contribution in [3.63, 3.8) is 0 Å². The van der Waals surface area contributed by atoms with E-state index in [1.165, 1.54) is 24.0 Å². The maximum atomic E-state index is 12.8. The Balaban J connectivity index is 1.74. The van der Waals surface area contributed by atoms with Gasteiger partial charge in [-0.25, -0.2) is 0 Å². The Morgan fingerprint density at radius 3 is 2.20 bits per heavy atom. The van der Waals surface area contributed by atoms with Crippen LogP contribution < -0.4 is 5.32 Å². The summed E-state index contributed by atoms with van der Waals surface area (Å²) in [6.45, 7) is 9.92. The van der Waals surface area contributed by atoms with E-state index in [4.69, 9.17) is 0 Å². The van der Waals surface area contributed by atoms with Gasteiger partial charge in [-0.2, -0.15) is 0 Å². The number of hydrogen-bond donors (Lipinski definition) is 1. The Morgan fingerprint density at radius 2 is 1.60 bits per heavy atom. The lowest BCUT2D eigenvalue weighted by Crippen LogP contribution is -2.49. The molecule has 0 spiro atoms. The first-order valence-corrected chi connectivity index (χ1v) is 9.24. The molecule has 0 unspecified atom stereocenters. The second-order valence-electron chi connectivity index (χ2n) is 7.62. The van der Waals surface area contributed by atoms with Gasteiger partial charge in [0.25, 0.3) is 5.91 Å². The second-order valence-corrected chi connectivity index (χ2v) is 7.62. The molecule has 1 N–H and O–H groups in total. The Kier molecular flexibility index (Phi) is 5.24. The molecule has 1 aliphatic heterocycles. The maximum absolute atomic E-state index is 12.8. The minimum absolute atomic E-state index is 0.132. The van der Waals surface area contributed by atoms with Gasteiger partial charge < -0.3 is 9.80 Å². The number of carbonyl (C=O) groups excluding carboxylic acids is 1. The van der Waals surface area contributed by atoms with E-state index in [1.54, 1.807) is 0 Å². The number of benzene rings is 2. The molecule has 1 fully saturated rings. The molecular weight excluding hydrogens is 308 g/mol. The molecule has 3 rings (SSSR count). The minimum atomic E-state index is 0.132. The molecule has 0 radical (unpaired) electrons. The van der Waals surface area contributed by atoms with Crippen LogP contribution in [0.5, 0.6) is 0 Å². The first kappa shape index (κ1) is 17.7. The van der Waals surface area contributed by atoms with E-state index in [1.807, 2.05) is 6.07 Å². The van der Waals surface area contributed by atoms with Crippen molar-refractivity contribution in [2.75, 3.05) is 25.0 Å². The van der Waals surface area contributed by atoms with Crippen LogP contribution in [0.4, 0.5) is 5.69 Å². The van der Waals surface area contributed by atoms with E-state index in [9.17, 15) is 4.79 Å². The smallest absolute Gasteiger partial charge is 0.279 e. The van der Waals surface area contributed by atoms with Crippen molar-refractivity contribution in [1.29, 1.82) is 0 Å². The van der Waals surface area contributed by atoms with Crippen molar-refractivity contribution in [1.82, 2.24) is 0 Å². The summed E-state index contributed by atoms with van der Waals surface area (Å²) < 4.78 is 0.875. The van der Waals surface area contributed by atoms with Gasteiger partial charge in [0.2, 0.25) is 0 Å². The predicted molar refractivity (Wildman–Crippen MR) is 104 cm³/mol. The quantitative estimate of drug-likeness (QED) is 0.807. The topological polar surface area (TPSA) is 29.1 Å². The third-order valence-corrected chi connectivity index (χ3v) is 5.30. The normalized spacial score (nSPS) is 16.0. The molecule has 1 aliphatic rings. The zero-order valence-corrected chi connectivity index (χ0v) is 15.6. The van der Waals surface area contributed by atoms with Crippen molar-refractivity contribution in [2.45, 2.75) is 40.2 Å². The molecule has 2 aromatic carbocycles. The number of anilines is 1. The average molecular weight is 337 g/mol. The van der Waals surface area contributed by atoms with Crippen molar-refractivity contribution in [3.05, 3.63) is 64.7 Å². The summed E-state index contributed by atoms with van der Waals surface area (Å²) >= 11 is 0. The standard InChI is InChI=1S/C22H28N2O/c1-17-13-18(2)22(19(3)14-17)23-21(25)16-24(11-7-8-12-24)15-20-9-5-4-6-10-20/h4-6,9-10,13-14H,7-8,11-12,15-16H2,1-3H3/p+1. The van der Waals surface area contributed by atoms with E-state index < -0.39 is 0 Å². The number of hydrogen-bond acceptors (Lipinski definition) is 1. The number of carbonyl (C=O) groups is 1. The third kappa shape index (κ3) is 4.29. The Hall–Kier alpha value is -2.13. The third-order valence-electron chi connectivity index (χ3n) is 5.30. The van der Waals surface area contributed by atoms with Crippen LogP contribution in [0.25, 0.3) is 0 Å². The molecule has 25 heavy (non-hydrogen) atoms. The van der Waals surface area contributed by atoms with E-state index in [-0.39, 0.29) is 5.91 Å². The number of likely N-dealkylation sites (tertiary alicyclic amines) is 1.